The Balaban J connectivity index is 1.82. The molecule has 0 aliphatic rings. The van der Waals surface area contributed by atoms with Crippen molar-refractivity contribution in [2.75, 3.05) is 11.9 Å². The average molecular weight is 335 g/mol. The Hall–Kier alpha value is -1.39. The molecule has 2 aromatic rings. The lowest BCUT2D eigenvalue weighted by Crippen LogP contribution is -2.02. The number of ether oxygens (including phenoxy) is 1. The number of hydrogen-bond acceptors (Lipinski definition) is 3. The second-order valence-electron chi connectivity index (χ2n) is 4.58. The Labute approximate surface area is 128 Å². The van der Waals surface area contributed by atoms with Gasteiger partial charge in [0.05, 0.1) is 18.9 Å². The average Bonchev–Trinajstić information content (AvgIpc) is 2.48. The lowest BCUT2D eigenvalue weighted by molar-refractivity contribution is 0.104. The first kappa shape index (κ1) is 15.0. The van der Waals surface area contributed by atoms with E-state index >= 15 is 0 Å². The van der Waals surface area contributed by atoms with Gasteiger partial charge in [-0.3, -0.25) is 4.98 Å². The Morgan fingerprint density at radius 3 is 2.70 bits per heavy atom. The number of nitrogens with zero attached hydrogens (tertiary/aromatic N) is 1. The van der Waals surface area contributed by atoms with Gasteiger partial charge in [0.15, 0.2) is 0 Å². The molecule has 4 heteroatoms. The van der Waals surface area contributed by atoms with E-state index in [9.17, 15) is 0 Å². The predicted octanol–water partition coefficient (Wildman–Crippen LogP) is 4.38. The summed E-state index contributed by atoms with van der Waals surface area (Å²) in [6, 6.07) is 12.2. The van der Waals surface area contributed by atoms with Crippen LogP contribution < -0.4 is 5.32 Å². The van der Waals surface area contributed by atoms with E-state index < -0.39 is 0 Å². The molecule has 1 aromatic heterocycles. The van der Waals surface area contributed by atoms with Gasteiger partial charge in [0.25, 0.3) is 0 Å². The van der Waals surface area contributed by atoms with E-state index in [1.165, 1.54) is 0 Å². The summed E-state index contributed by atoms with van der Waals surface area (Å²) in [5.74, 6) is 0. The van der Waals surface area contributed by atoms with Crippen LogP contribution >= 0.6 is 15.9 Å². The smallest absolute Gasteiger partial charge is 0.0893 e. The highest BCUT2D eigenvalue weighted by Gasteiger charge is 1.99. The molecule has 0 aliphatic heterocycles. The van der Waals surface area contributed by atoms with Crippen molar-refractivity contribution in [3.63, 3.8) is 0 Å². The van der Waals surface area contributed by atoms with Crippen molar-refractivity contribution < 1.29 is 4.74 Å². The van der Waals surface area contributed by atoms with Gasteiger partial charge >= 0.3 is 0 Å². The topological polar surface area (TPSA) is 34.2 Å². The Morgan fingerprint density at radius 1 is 1.15 bits per heavy atom. The largest absolute Gasteiger partial charge is 0.385 e. The normalized spacial score (nSPS) is 10.5. The molecule has 0 radical (unpaired) electrons. The summed E-state index contributed by atoms with van der Waals surface area (Å²) in [7, 11) is 0. The zero-order valence-electron chi connectivity index (χ0n) is 11.6. The fourth-order valence-electron chi connectivity index (χ4n) is 1.79. The van der Waals surface area contributed by atoms with E-state index in [0.29, 0.717) is 13.2 Å². The van der Waals surface area contributed by atoms with Crippen LogP contribution in [0.4, 0.5) is 5.69 Å². The van der Waals surface area contributed by atoms with Crippen LogP contribution in [0.1, 0.15) is 24.6 Å². The summed E-state index contributed by atoms with van der Waals surface area (Å²) >= 11 is 3.42. The van der Waals surface area contributed by atoms with Gasteiger partial charge in [-0.05, 0) is 36.2 Å². The third kappa shape index (κ3) is 4.94. The molecule has 0 saturated carbocycles. The maximum atomic E-state index is 5.70. The minimum atomic E-state index is 0.526. The number of hydrogen-bond donors (Lipinski definition) is 1. The molecule has 2 rings (SSSR count). The number of halogens is 1. The highest BCUT2D eigenvalue weighted by molar-refractivity contribution is 9.10. The second kappa shape index (κ2) is 8.02. The molecule has 20 heavy (non-hydrogen) atoms. The minimum absolute atomic E-state index is 0.526. The van der Waals surface area contributed by atoms with Crippen molar-refractivity contribution >= 4 is 21.6 Å². The first-order valence-corrected chi connectivity index (χ1v) is 7.58. The van der Waals surface area contributed by atoms with Crippen molar-refractivity contribution in [1.29, 1.82) is 0 Å². The lowest BCUT2D eigenvalue weighted by atomic mass is 10.2. The maximum absolute atomic E-state index is 5.70. The predicted molar refractivity (Wildman–Crippen MR) is 85.7 cm³/mol. The molecular formula is C16H19BrN2O. The highest BCUT2D eigenvalue weighted by atomic mass is 79.9. The molecule has 1 N–H and O–H groups in total. The Morgan fingerprint density at radius 2 is 1.95 bits per heavy atom. The van der Waals surface area contributed by atoms with Crippen LogP contribution in [-0.4, -0.2) is 11.5 Å². The van der Waals surface area contributed by atoms with E-state index in [1.54, 1.807) is 0 Å². The van der Waals surface area contributed by atoms with Crippen molar-refractivity contribution in [1.82, 2.24) is 4.98 Å². The third-order valence-electron chi connectivity index (χ3n) is 2.83. The fourth-order valence-corrected chi connectivity index (χ4v) is 2.05. The van der Waals surface area contributed by atoms with Crippen LogP contribution in [0.2, 0.25) is 0 Å². The quantitative estimate of drug-likeness (QED) is 0.815. The van der Waals surface area contributed by atoms with Crippen LogP contribution in [0.3, 0.4) is 0 Å². The zero-order chi connectivity index (χ0) is 14.2. The molecule has 106 valence electrons. The van der Waals surface area contributed by atoms with Crippen LogP contribution in [0, 0.1) is 0 Å². The molecule has 0 amide bonds. The van der Waals surface area contributed by atoms with Gasteiger partial charge in [0, 0.05) is 22.9 Å². The van der Waals surface area contributed by atoms with E-state index in [2.05, 4.69) is 45.3 Å². The Bertz CT molecular complexity index is 528. The zero-order valence-corrected chi connectivity index (χ0v) is 13.2. The molecular weight excluding hydrogens is 316 g/mol. The highest BCUT2D eigenvalue weighted by Crippen LogP contribution is 2.13. The van der Waals surface area contributed by atoms with Crippen molar-refractivity contribution in [3.05, 3.63) is 58.3 Å². The summed E-state index contributed by atoms with van der Waals surface area (Å²) in [4.78, 5) is 4.32. The number of nitrogens with one attached hydrogen (secondary N) is 1. The molecule has 0 aliphatic carbocycles. The summed E-state index contributed by atoms with van der Waals surface area (Å²) in [5.41, 5.74) is 3.21. The monoisotopic (exact) mass is 334 g/mol. The maximum Gasteiger partial charge on any atom is 0.0893 e. The van der Waals surface area contributed by atoms with Crippen LogP contribution in [0.5, 0.6) is 0 Å². The van der Waals surface area contributed by atoms with Gasteiger partial charge in [-0.2, -0.15) is 0 Å². The Kier molecular flexibility index (Phi) is 6.02. The number of pyridine rings is 1. The summed E-state index contributed by atoms with van der Waals surface area (Å²) in [6.07, 6.45) is 2.92. The van der Waals surface area contributed by atoms with E-state index in [-0.39, 0.29) is 0 Å². The molecule has 0 unspecified atom stereocenters. The number of aromatic nitrogens is 1. The van der Waals surface area contributed by atoms with Crippen LogP contribution in [0.15, 0.2) is 47.1 Å². The van der Waals surface area contributed by atoms with Crippen molar-refractivity contribution in [2.24, 2.45) is 0 Å². The molecule has 1 aromatic carbocycles. The van der Waals surface area contributed by atoms with Gasteiger partial charge in [-0.15, -0.1) is 0 Å². The summed E-state index contributed by atoms with van der Waals surface area (Å²) < 4.78 is 6.78. The van der Waals surface area contributed by atoms with Gasteiger partial charge in [-0.25, -0.2) is 0 Å². The first-order chi connectivity index (χ1) is 9.78. The van der Waals surface area contributed by atoms with Crippen molar-refractivity contribution in [2.45, 2.75) is 26.6 Å². The van der Waals surface area contributed by atoms with E-state index in [1.807, 2.05) is 30.5 Å². The van der Waals surface area contributed by atoms with Crippen LogP contribution in [-0.2, 0) is 18.0 Å². The van der Waals surface area contributed by atoms with Gasteiger partial charge < -0.3 is 10.1 Å². The fraction of sp³-hybridized carbons (Fsp3) is 0.312. The number of anilines is 1. The minimum Gasteiger partial charge on any atom is -0.385 e. The first-order valence-electron chi connectivity index (χ1n) is 6.79. The third-order valence-corrected chi connectivity index (χ3v) is 3.36. The van der Waals surface area contributed by atoms with Crippen molar-refractivity contribution in [3.8, 4) is 0 Å². The van der Waals surface area contributed by atoms with Gasteiger partial charge in [0.2, 0.25) is 0 Å². The standard InChI is InChI=1S/C16H19BrN2O/c1-2-8-18-15-7-9-19-16(10-15)12-20-11-13-3-5-14(17)6-4-13/h3-7,9-10H,2,8,11-12H2,1H3,(H,18,19). The lowest BCUT2D eigenvalue weighted by Gasteiger charge is -2.07. The summed E-state index contributed by atoms with van der Waals surface area (Å²) in [5, 5.41) is 3.35. The van der Waals surface area contributed by atoms with Gasteiger partial charge in [0.1, 0.15) is 0 Å². The molecule has 0 atom stereocenters. The molecule has 0 fully saturated rings. The number of benzene rings is 1. The van der Waals surface area contributed by atoms with Crippen LogP contribution in [0.25, 0.3) is 0 Å². The van der Waals surface area contributed by atoms with Gasteiger partial charge in [-0.1, -0.05) is 35.0 Å². The molecule has 1 heterocycles. The molecule has 0 bridgehead atoms. The SMILES string of the molecule is CCCNc1ccnc(COCc2ccc(Br)cc2)c1. The molecule has 0 saturated heterocycles. The number of rotatable bonds is 7. The van der Waals surface area contributed by atoms with E-state index in [4.69, 9.17) is 4.74 Å². The molecule has 3 nitrogen and oxygen atoms in total. The molecule has 0 spiro atoms. The second-order valence-corrected chi connectivity index (χ2v) is 5.50. The van der Waals surface area contributed by atoms with E-state index in [0.717, 1.165) is 34.4 Å². The summed E-state index contributed by atoms with van der Waals surface area (Å²) in [6.45, 7) is 4.25.